The number of aliphatic hydroxyl groups excluding tert-OH is 1. The predicted molar refractivity (Wildman–Crippen MR) is 75.4 cm³/mol. The summed E-state index contributed by atoms with van der Waals surface area (Å²) in [5.41, 5.74) is 2.58. The summed E-state index contributed by atoms with van der Waals surface area (Å²) < 4.78 is 5.64. The summed E-state index contributed by atoms with van der Waals surface area (Å²) in [6.07, 6.45) is -0.537. The van der Waals surface area contributed by atoms with Crippen LogP contribution in [0.4, 0.5) is 0 Å². The highest BCUT2D eigenvalue weighted by atomic mass is 35.5. The summed E-state index contributed by atoms with van der Waals surface area (Å²) in [7, 11) is 0. The van der Waals surface area contributed by atoms with Crippen LogP contribution in [0.15, 0.2) is 36.4 Å². The summed E-state index contributed by atoms with van der Waals surface area (Å²) >= 11 is 6.11. The number of hydrogen-bond donors (Lipinski definition) is 1. The predicted octanol–water partition coefficient (Wildman–Crippen LogP) is 3.68. The van der Waals surface area contributed by atoms with Gasteiger partial charge in [0.2, 0.25) is 0 Å². The zero-order valence-corrected chi connectivity index (χ0v) is 11.7. The van der Waals surface area contributed by atoms with Crippen molar-refractivity contribution < 1.29 is 9.84 Å². The van der Waals surface area contributed by atoms with Crippen LogP contribution in [0.5, 0.6) is 5.75 Å². The molecule has 0 fully saturated rings. The summed E-state index contributed by atoms with van der Waals surface area (Å²) in [6.45, 7) is 4.01. The SMILES string of the molecule is Cc1cccc(COc2ccc(C(C)O)cc2Cl)n1. The average molecular weight is 278 g/mol. The van der Waals surface area contributed by atoms with Gasteiger partial charge >= 0.3 is 0 Å². The molecule has 0 aliphatic heterocycles. The molecule has 1 N–H and O–H groups in total. The molecule has 2 rings (SSSR count). The molecule has 4 heteroatoms. The van der Waals surface area contributed by atoms with Gasteiger partial charge in [-0.3, -0.25) is 4.98 Å². The number of aryl methyl sites for hydroxylation is 1. The Hall–Kier alpha value is -1.58. The van der Waals surface area contributed by atoms with Gasteiger partial charge in [-0.2, -0.15) is 0 Å². The fraction of sp³-hybridized carbons (Fsp3) is 0.267. The minimum atomic E-state index is -0.537. The van der Waals surface area contributed by atoms with Gasteiger partial charge in [-0.25, -0.2) is 0 Å². The lowest BCUT2D eigenvalue weighted by atomic mass is 10.1. The highest BCUT2D eigenvalue weighted by Crippen LogP contribution is 2.28. The van der Waals surface area contributed by atoms with E-state index in [0.29, 0.717) is 17.4 Å². The molecular formula is C15H16ClNO2. The van der Waals surface area contributed by atoms with Crippen molar-refractivity contribution in [3.8, 4) is 5.75 Å². The molecule has 3 nitrogen and oxygen atoms in total. The van der Waals surface area contributed by atoms with E-state index in [1.807, 2.05) is 25.1 Å². The second kappa shape index (κ2) is 6.04. The van der Waals surface area contributed by atoms with Crippen molar-refractivity contribution in [2.24, 2.45) is 0 Å². The third-order valence-electron chi connectivity index (χ3n) is 2.76. The Balaban J connectivity index is 2.07. The summed E-state index contributed by atoms with van der Waals surface area (Å²) in [4.78, 5) is 4.36. The van der Waals surface area contributed by atoms with Gasteiger partial charge in [0.05, 0.1) is 16.8 Å². The lowest BCUT2D eigenvalue weighted by Gasteiger charge is -2.10. The molecule has 1 unspecified atom stereocenters. The summed E-state index contributed by atoms with van der Waals surface area (Å²) in [5.74, 6) is 0.592. The van der Waals surface area contributed by atoms with E-state index in [0.717, 1.165) is 17.0 Å². The van der Waals surface area contributed by atoms with Crippen LogP contribution >= 0.6 is 11.6 Å². The van der Waals surface area contributed by atoms with Gasteiger partial charge < -0.3 is 9.84 Å². The van der Waals surface area contributed by atoms with E-state index in [9.17, 15) is 5.11 Å². The third-order valence-corrected chi connectivity index (χ3v) is 3.06. The van der Waals surface area contributed by atoms with Crippen molar-refractivity contribution in [3.05, 3.63) is 58.4 Å². The fourth-order valence-corrected chi connectivity index (χ4v) is 1.97. The van der Waals surface area contributed by atoms with Gasteiger partial charge in [0.1, 0.15) is 12.4 Å². The van der Waals surface area contributed by atoms with E-state index in [1.54, 1.807) is 25.1 Å². The molecule has 0 aliphatic rings. The average Bonchev–Trinajstić information content (AvgIpc) is 2.37. The van der Waals surface area contributed by atoms with Crippen molar-refractivity contribution in [1.82, 2.24) is 4.98 Å². The number of aliphatic hydroxyl groups is 1. The topological polar surface area (TPSA) is 42.4 Å². The number of benzene rings is 1. The Morgan fingerprint density at radius 2 is 2.11 bits per heavy atom. The fourth-order valence-electron chi connectivity index (χ4n) is 1.73. The van der Waals surface area contributed by atoms with Gasteiger partial charge in [-0.1, -0.05) is 23.7 Å². The molecule has 100 valence electrons. The van der Waals surface area contributed by atoms with Crippen molar-refractivity contribution in [1.29, 1.82) is 0 Å². The standard InChI is InChI=1S/C15H16ClNO2/c1-10-4-3-5-13(17-10)9-19-15-7-6-12(11(2)18)8-14(15)16/h3-8,11,18H,9H2,1-2H3. The first kappa shape index (κ1) is 13.8. The van der Waals surface area contributed by atoms with Crippen LogP contribution < -0.4 is 4.74 Å². The van der Waals surface area contributed by atoms with Crippen LogP contribution in [0.1, 0.15) is 30.0 Å². The highest BCUT2D eigenvalue weighted by molar-refractivity contribution is 6.32. The normalized spacial score (nSPS) is 12.2. The lowest BCUT2D eigenvalue weighted by Crippen LogP contribution is -2.00. The monoisotopic (exact) mass is 277 g/mol. The van der Waals surface area contributed by atoms with Crippen molar-refractivity contribution in [2.45, 2.75) is 26.6 Å². The van der Waals surface area contributed by atoms with Crippen molar-refractivity contribution >= 4 is 11.6 Å². The lowest BCUT2D eigenvalue weighted by molar-refractivity contribution is 0.199. The van der Waals surface area contributed by atoms with E-state index < -0.39 is 6.10 Å². The third kappa shape index (κ3) is 3.69. The van der Waals surface area contributed by atoms with Gasteiger partial charge in [0, 0.05) is 5.69 Å². The van der Waals surface area contributed by atoms with E-state index in [2.05, 4.69) is 4.98 Å². The number of rotatable bonds is 4. The maximum atomic E-state index is 9.47. The van der Waals surface area contributed by atoms with Crippen molar-refractivity contribution in [2.75, 3.05) is 0 Å². The second-order valence-electron chi connectivity index (χ2n) is 4.42. The number of halogens is 1. The Bertz CT molecular complexity index is 570. The molecule has 0 aliphatic carbocycles. The molecule has 0 bridgehead atoms. The molecule has 1 heterocycles. The van der Waals surface area contributed by atoms with Crippen LogP contribution in [0.3, 0.4) is 0 Å². The van der Waals surface area contributed by atoms with Gasteiger partial charge in [0.15, 0.2) is 0 Å². The Kier molecular flexibility index (Phi) is 4.40. The molecule has 1 aromatic heterocycles. The van der Waals surface area contributed by atoms with Gasteiger partial charge in [-0.15, -0.1) is 0 Å². The first-order valence-corrected chi connectivity index (χ1v) is 6.47. The molecule has 0 amide bonds. The number of ether oxygens (including phenoxy) is 1. The first-order valence-electron chi connectivity index (χ1n) is 6.09. The second-order valence-corrected chi connectivity index (χ2v) is 4.83. The Morgan fingerprint density at radius 1 is 1.32 bits per heavy atom. The molecule has 0 saturated heterocycles. The maximum absolute atomic E-state index is 9.47. The highest BCUT2D eigenvalue weighted by Gasteiger charge is 2.07. The Labute approximate surface area is 117 Å². The van der Waals surface area contributed by atoms with Crippen molar-refractivity contribution in [3.63, 3.8) is 0 Å². The molecule has 0 spiro atoms. The number of aromatic nitrogens is 1. The molecular weight excluding hydrogens is 262 g/mol. The molecule has 1 aromatic carbocycles. The Morgan fingerprint density at radius 3 is 2.74 bits per heavy atom. The maximum Gasteiger partial charge on any atom is 0.138 e. The largest absolute Gasteiger partial charge is 0.486 e. The molecule has 1 atom stereocenters. The summed E-state index contributed by atoms with van der Waals surface area (Å²) in [6, 6.07) is 11.1. The minimum absolute atomic E-state index is 0.370. The molecule has 0 saturated carbocycles. The first-order chi connectivity index (χ1) is 9.06. The minimum Gasteiger partial charge on any atom is -0.486 e. The smallest absolute Gasteiger partial charge is 0.138 e. The summed E-state index contributed by atoms with van der Waals surface area (Å²) in [5, 5.41) is 9.96. The van der Waals surface area contributed by atoms with Crippen LogP contribution in [0.2, 0.25) is 5.02 Å². The van der Waals surface area contributed by atoms with Crippen LogP contribution in [-0.4, -0.2) is 10.1 Å². The van der Waals surface area contributed by atoms with Gasteiger partial charge in [0.25, 0.3) is 0 Å². The van der Waals surface area contributed by atoms with Crippen LogP contribution in [-0.2, 0) is 6.61 Å². The van der Waals surface area contributed by atoms with E-state index in [1.165, 1.54) is 0 Å². The van der Waals surface area contributed by atoms with Gasteiger partial charge in [-0.05, 0) is 43.7 Å². The van der Waals surface area contributed by atoms with E-state index in [-0.39, 0.29) is 0 Å². The zero-order chi connectivity index (χ0) is 13.8. The number of nitrogens with zero attached hydrogens (tertiary/aromatic N) is 1. The number of pyridine rings is 1. The van der Waals surface area contributed by atoms with E-state index >= 15 is 0 Å². The van der Waals surface area contributed by atoms with Crippen LogP contribution in [0, 0.1) is 6.92 Å². The number of hydrogen-bond acceptors (Lipinski definition) is 3. The zero-order valence-electron chi connectivity index (χ0n) is 10.9. The van der Waals surface area contributed by atoms with Crippen LogP contribution in [0.25, 0.3) is 0 Å². The molecule has 0 radical (unpaired) electrons. The molecule has 2 aromatic rings. The molecule has 19 heavy (non-hydrogen) atoms. The quantitative estimate of drug-likeness (QED) is 0.927. The van der Waals surface area contributed by atoms with E-state index in [4.69, 9.17) is 16.3 Å².